The number of rotatable bonds is 2. The second-order valence-electron chi connectivity index (χ2n) is 6.35. The molecule has 0 amide bonds. The fourth-order valence-corrected chi connectivity index (χ4v) is 2.67. The predicted molar refractivity (Wildman–Crippen MR) is 89.3 cm³/mol. The Morgan fingerprint density at radius 2 is 1.68 bits per heavy atom. The maximum Gasteiger partial charge on any atom is 0.514 e. The summed E-state index contributed by atoms with van der Waals surface area (Å²) >= 11 is 12.4. The average Bonchev–Trinajstić information content (AvgIpc) is 2.96. The van der Waals surface area contributed by atoms with E-state index in [1.54, 1.807) is 29.1 Å². The SMILES string of the molecule is CC1(C)OB(c2ccnn2-c2cc(Cl)ccc2Cl)OC1(C)C. The molecule has 0 bridgehead atoms. The maximum absolute atomic E-state index is 6.28. The molecule has 0 aliphatic carbocycles. The van der Waals surface area contributed by atoms with Gasteiger partial charge in [0, 0.05) is 11.2 Å². The lowest BCUT2D eigenvalue weighted by Crippen LogP contribution is -2.41. The fourth-order valence-electron chi connectivity index (χ4n) is 2.31. The summed E-state index contributed by atoms with van der Waals surface area (Å²) in [6.07, 6.45) is 1.69. The minimum Gasteiger partial charge on any atom is -0.398 e. The van der Waals surface area contributed by atoms with Crippen molar-refractivity contribution in [2.24, 2.45) is 0 Å². The summed E-state index contributed by atoms with van der Waals surface area (Å²) in [6.45, 7) is 8.06. The molecule has 4 nitrogen and oxygen atoms in total. The highest BCUT2D eigenvalue weighted by molar-refractivity contribution is 6.61. The quantitative estimate of drug-likeness (QED) is 0.786. The molecule has 2 aromatic rings. The van der Waals surface area contributed by atoms with E-state index in [2.05, 4.69) is 5.10 Å². The molecular formula is C15H17BCl2N2O2. The molecule has 1 aliphatic rings. The molecule has 3 rings (SSSR count). The average molecular weight is 339 g/mol. The Bertz CT molecular complexity index is 699. The van der Waals surface area contributed by atoms with Gasteiger partial charge in [-0.1, -0.05) is 23.2 Å². The van der Waals surface area contributed by atoms with Crippen molar-refractivity contribution in [2.75, 3.05) is 0 Å². The number of halogens is 2. The molecule has 1 aliphatic heterocycles. The van der Waals surface area contributed by atoms with E-state index in [-0.39, 0.29) is 0 Å². The van der Waals surface area contributed by atoms with Gasteiger partial charge in [0.25, 0.3) is 0 Å². The predicted octanol–water partition coefficient (Wildman–Crippen LogP) is 3.48. The van der Waals surface area contributed by atoms with Crippen LogP contribution in [0.25, 0.3) is 5.69 Å². The van der Waals surface area contributed by atoms with Crippen LogP contribution in [0, 0.1) is 0 Å². The Hall–Kier alpha value is -1.01. The van der Waals surface area contributed by atoms with Gasteiger partial charge in [-0.25, -0.2) is 4.68 Å². The van der Waals surface area contributed by atoms with Gasteiger partial charge in [0.15, 0.2) is 0 Å². The topological polar surface area (TPSA) is 36.3 Å². The van der Waals surface area contributed by atoms with Crippen molar-refractivity contribution in [1.82, 2.24) is 9.78 Å². The molecule has 1 aromatic carbocycles. The van der Waals surface area contributed by atoms with Crippen LogP contribution < -0.4 is 5.59 Å². The Labute approximate surface area is 140 Å². The summed E-state index contributed by atoms with van der Waals surface area (Å²) in [5.74, 6) is 0. The van der Waals surface area contributed by atoms with Crippen LogP contribution in [0.5, 0.6) is 0 Å². The molecule has 116 valence electrons. The lowest BCUT2D eigenvalue weighted by atomic mass is 9.84. The number of benzene rings is 1. The molecule has 1 aromatic heterocycles. The minimum absolute atomic E-state index is 0.412. The van der Waals surface area contributed by atoms with Crippen molar-refractivity contribution in [1.29, 1.82) is 0 Å². The van der Waals surface area contributed by atoms with Crippen molar-refractivity contribution in [3.8, 4) is 5.69 Å². The van der Waals surface area contributed by atoms with E-state index in [1.165, 1.54) is 0 Å². The molecule has 1 fully saturated rings. The molecule has 0 N–H and O–H groups in total. The van der Waals surface area contributed by atoms with Gasteiger partial charge in [0.1, 0.15) is 0 Å². The van der Waals surface area contributed by atoms with Gasteiger partial charge < -0.3 is 9.31 Å². The van der Waals surface area contributed by atoms with Crippen LogP contribution in [0.3, 0.4) is 0 Å². The summed E-state index contributed by atoms with van der Waals surface area (Å²) in [4.78, 5) is 0. The van der Waals surface area contributed by atoms with Gasteiger partial charge in [-0.2, -0.15) is 5.10 Å². The lowest BCUT2D eigenvalue weighted by Gasteiger charge is -2.32. The highest BCUT2D eigenvalue weighted by Crippen LogP contribution is 2.36. The first-order chi connectivity index (χ1) is 10.2. The Kier molecular flexibility index (Phi) is 3.80. The monoisotopic (exact) mass is 338 g/mol. The van der Waals surface area contributed by atoms with Crippen LogP contribution >= 0.6 is 23.2 Å². The normalized spacial score (nSPS) is 19.6. The van der Waals surface area contributed by atoms with Crippen LogP contribution in [0.2, 0.25) is 10.0 Å². The van der Waals surface area contributed by atoms with E-state index in [9.17, 15) is 0 Å². The van der Waals surface area contributed by atoms with Crippen molar-refractivity contribution < 1.29 is 9.31 Å². The molecule has 2 heterocycles. The molecule has 0 unspecified atom stereocenters. The lowest BCUT2D eigenvalue weighted by molar-refractivity contribution is 0.00578. The third-order valence-corrected chi connectivity index (χ3v) is 4.86. The first-order valence-corrected chi connectivity index (χ1v) is 7.82. The molecule has 0 atom stereocenters. The van der Waals surface area contributed by atoms with Crippen LogP contribution in [0.15, 0.2) is 30.5 Å². The molecule has 0 spiro atoms. The van der Waals surface area contributed by atoms with Gasteiger partial charge in [0.2, 0.25) is 0 Å². The van der Waals surface area contributed by atoms with Crippen molar-refractivity contribution in [3.63, 3.8) is 0 Å². The fraction of sp³-hybridized carbons (Fsp3) is 0.400. The summed E-state index contributed by atoms with van der Waals surface area (Å²) in [7, 11) is -0.512. The Balaban J connectivity index is 2.02. The Morgan fingerprint density at radius 1 is 1.05 bits per heavy atom. The second kappa shape index (κ2) is 5.27. The van der Waals surface area contributed by atoms with Crippen LogP contribution in [0.1, 0.15) is 27.7 Å². The number of nitrogens with zero attached hydrogens (tertiary/aromatic N) is 2. The zero-order valence-electron chi connectivity index (χ0n) is 12.9. The molecule has 0 saturated carbocycles. The van der Waals surface area contributed by atoms with Crippen LogP contribution in [-0.2, 0) is 9.31 Å². The second-order valence-corrected chi connectivity index (χ2v) is 7.20. The van der Waals surface area contributed by atoms with E-state index in [4.69, 9.17) is 32.5 Å². The van der Waals surface area contributed by atoms with Crippen molar-refractivity contribution in [3.05, 3.63) is 40.5 Å². The first-order valence-electron chi connectivity index (χ1n) is 7.06. The summed E-state index contributed by atoms with van der Waals surface area (Å²) in [6, 6.07) is 7.12. The van der Waals surface area contributed by atoms with Crippen molar-refractivity contribution in [2.45, 2.75) is 38.9 Å². The highest BCUT2D eigenvalue weighted by Gasteiger charge is 2.52. The maximum atomic E-state index is 6.28. The van der Waals surface area contributed by atoms with Gasteiger partial charge in [0.05, 0.1) is 27.5 Å². The highest BCUT2D eigenvalue weighted by atomic mass is 35.5. The minimum atomic E-state index is -0.512. The van der Waals surface area contributed by atoms with E-state index in [1.807, 2.05) is 33.8 Å². The van der Waals surface area contributed by atoms with E-state index in [0.717, 1.165) is 5.59 Å². The van der Waals surface area contributed by atoms with Crippen LogP contribution in [-0.4, -0.2) is 28.1 Å². The number of hydrogen-bond acceptors (Lipinski definition) is 3. The van der Waals surface area contributed by atoms with Gasteiger partial charge >= 0.3 is 7.12 Å². The molecule has 7 heteroatoms. The first kappa shape index (κ1) is 15.9. The van der Waals surface area contributed by atoms with Gasteiger partial charge in [-0.3, -0.25) is 0 Å². The molecule has 1 saturated heterocycles. The van der Waals surface area contributed by atoms with E-state index >= 15 is 0 Å². The zero-order chi connectivity index (χ0) is 16.1. The summed E-state index contributed by atoms with van der Waals surface area (Å²) < 4.78 is 13.9. The van der Waals surface area contributed by atoms with E-state index < -0.39 is 18.3 Å². The molecular weight excluding hydrogens is 322 g/mol. The largest absolute Gasteiger partial charge is 0.514 e. The number of aromatic nitrogens is 2. The van der Waals surface area contributed by atoms with Crippen LogP contribution in [0.4, 0.5) is 0 Å². The third-order valence-electron chi connectivity index (χ3n) is 4.30. The van der Waals surface area contributed by atoms with E-state index in [0.29, 0.717) is 15.7 Å². The standard InChI is InChI=1S/C15H17BCl2N2O2/c1-14(2)15(3,4)22-16(21-14)13-7-8-19-20(13)12-9-10(17)5-6-11(12)18/h5-9H,1-4H3. The number of hydrogen-bond donors (Lipinski definition) is 0. The molecule has 22 heavy (non-hydrogen) atoms. The molecule has 0 radical (unpaired) electrons. The third kappa shape index (κ3) is 2.56. The van der Waals surface area contributed by atoms with Crippen molar-refractivity contribution >= 4 is 35.9 Å². The zero-order valence-corrected chi connectivity index (χ0v) is 14.4. The smallest absolute Gasteiger partial charge is 0.398 e. The van der Waals surface area contributed by atoms with Gasteiger partial charge in [-0.15, -0.1) is 0 Å². The summed E-state index contributed by atoms with van der Waals surface area (Å²) in [5, 5.41) is 5.50. The Morgan fingerprint density at radius 3 is 2.32 bits per heavy atom. The summed E-state index contributed by atoms with van der Waals surface area (Å²) in [5.41, 5.74) is 0.655. The van der Waals surface area contributed by atoms with Gasteiger partial charge in [-0.05, 0) is 52.0 Å².